The fourth-order valence-electron chi connectivity index (χ4n) is 2.59. The number of aromatic nitrogens is 1. The molecule has 3 rings (SSSR count). The maximum Gasteiger partial charge on any atom is 0.161 e. The summed E-state index contributed by atoms with van der Waals surface area (Å²) in [6.07, 6.45) is 3.71. The van der Waals surface area contributed by atoms with Crippen LogP contribution in [0.2, 0.25) is 0 Å². The number of methoxy groups -OCH3 is 1. The van der Waals surface area contributed by atoms with Crippen molar-refractivity contribution in [3.8, 4) is 17.6 Å². The van der Waals surface area contributed by atoms with Crippen molar-refractivity contribution in [3.63, 3.8) is 0 Å². The Morgan fingerprint density at radius 3 is 2.91 bits per heavy atom. The van der Waals surface area contributed by atoms with Crippen molar-refractivity contribution in [3.05, 3.63) is 48.3 Å². The van der Waals surface area contributed by atoms with Crippen molar-refractivity contribution in [1.29, 1.82) is 5.26 Å². The molecule has 2 aromatic rings. The number of pyridine rings is 1. The zero-order valence-corrected chi connectivity index (χ0v) is 12.4. The fraction of sp³-hybridized carbons (Fsp3) is 0.294. The van der Waals surface area contributed by atoms with E-state index in [0.29, 0.717) is 13.0 Å². The molecule has 1 aromatic heterocycles. The number of hydrogen-bond donors (Lipinski definition) is 0. The van der Waals surface area contributed by atoms with Crippen molar-refractivity contribution in [2.24, 2.45) is 0 Å². The van der Waals surface area contributed by atoms with E-state index in [9.17, 15) is 0 Å². The van der Waals surface area contributed by atoms with Gasteiger partial charge in [-0.2, -0.15) is 5.26 Å². The topological polar surface area (TPSA) is 58.4 Å². The first-order valence-electron chi connectivity index (χ1n) is 7.15. The molecule has 1 unspecified atom stereocenters. The van der Waals surface area contributed by atoms with Crippen molar-refractivity contribution in [1.82, 2.24) is 4.98 Å². The Kier molecular flexibility index (Phi) is 4.10. The maximum absolute atomic E-state index is 8.92. The minimum absolute atomic E-state index is 0.125. The summed E-state index contributed by atoms with van der Waals surface area (Å²) in [7, 11) is 1.66. The van der Waals surface area contributed by atoms with Gasteiger partial charge in [-0.15, -0.1) is 0 Å². The van der Waals surface area contributed by atoms with Gasteiger partial charge in [-0.05, 0) is 23.8 Å². The van der Waals surface area contributed by atoms with Crippen LogP contribution in [0, 0.1) is 11.3 Å². The van der Waals surface area contributed by atoms with Crippen LogP contribution in [0.25, 0.3) is 0 Å². The van der Waals surface area contributed by atoms with Gasteiger partial charge in [-0.25, -0.2) is 0 Å². The number of nitriles is 1. The standard InChI is InChI=1S/C17H17N3O2/c1-21-14-4-2-13(3-5-14)11-20-12-15(6-8-18)22-17-10-19-9-7-16(17)20/h2-5,7,9-10,15H,6,11-12H2,1H3. The van der Waals surface area contributed by atoms with Crippen molar-refractivity contribution >= 4 is 5.69 Å². The third kappa shape index (κ3) is 2.96. The van der Waals surface area contributed by atoms with E-state index >= 15 is 0 Å². The molecule has 0 bridgehead atoms. The Morgan fingerprint density at radius 1 is 1.36 bits per heavy atom. The molecule has 2 heterocycles. The number of rotatable bonds is 4. The minimum Gasteiger partial charge on any atom is -0.497 e. The number of ether oxygens (including phenoxy) is 2. The minimum atomic E-state index is -0.125. The molecule has 112 valence electrons. The smallest absolute Gasteiger partial charge is 0.161 e. The lowest BCUT2D eigenvalue weighted by Crippen LogP contribution is -2.39. The van der Waals surface area contributed by atoms with Gasteiger partial charge >= 0.3 is 0 Å². The monoisotopic (exact) mass is 295 g/mol. The Labute approximate surface area is 129 Å². The molecule has 0 fully saturated rings. The Morgan fingerprint density at radius 2 is 2.18 bits per heavy atom. The molecule has 0 saturated heterocycles. The molecule has 0 aliphatic carbocycles. The van der Waals surface area contributed by atoms with Gasteiger partial charge in [0.25, 0.3) is 0 Å². The van der Waals surface area contributed by atoms with Gasteiger partial charge in [-0.3, -0.25) is 4.98 Å². The molecule has 22 heavy (non-hydrogen) atoms. The molecule has 0 spiro atoms. The van der Waals surface area contributed by atoms with Gasteiger partial charge in [0.05, 0.1) is 38.0 Å². The summed E-state index contributed by atoms with van der Waals surface area (Å²) in [4.78, 5) is 6.33. The molecule has 1 aliphatic heterocycles. The van der Waals surface area contributed by atoms with Crippen LogP contribution in [-0.2, 0) is 6.54 Å². The van der Waals surface area contributed by atoms with Crippen LogP contribution in [-0.4, -0.2) is 24.7 Å². The third-order valence-electron chi connectivity index (χ3n) is 3.67. The van der Waals surface area contributed by atoms with Gasteiger partial charge in [0.2, 0.25) is 0 Å². The average Bonchev–Trinajstić information content (AvgIpc) is 2.56. The first-order chi connectivity index (χ1) is 10.8. The lowest BCUT2D eigenvalue weighted by Gasteiger charge is -2.35. The molecule has 0 N–H and O–H groups in total. The van der Waals surface area contributed by atoms with E-state index in [1.54, 1.807) is 19.5 Å². The summed E-state index contributed by atoms with van der Waals surface area (Å²) in [5.41, 5.74) is 2.20. The summed E-state index contributed by atoms with van der Waals surface area (Å²) in [5.74, 6) is 1.58. The van der Waals surface area contributed by atoms with Gasteiger partial charge in [0.1, 0.15) is 11.9 Å². The number of anilines is 1. The van der Waals surface area contributed by atoms with E-state index in [2.05, 4.69) is 28.1 Å². The Hall–Kier alpha value is -2.74. The van der Waals surface area contributed by atoms with Gasteiger partial charge in [0.15, 0.2) is 5.75 Å². The molecule has 5 heteroatoms. The molecule has 0 radical (unpaired) electrons. The van der Waals surface area contributed by atoms with Gasteiger partial charge < -0.3 is 14.4 Å². The van der Waals surface area contributed by atoms with Crippen LogP contribution >= 0.6 is 0 Å². The summed E-state index contributed by atoms with van der Waals surface area (Å²) in [6, 6.07) is 12.1. The zero-order valence-electron chi connectivity index (χ0n) is 12.4. The molecular formula is C17H17N3O2. The van der Waals surface area contributed by atoms with E-state index in [0.717, 1.165) is 23.7 Å². The lowest BCUT2D eigenvalue weighted by atomic mass is 10.1. The second-order valence-electron chi connectivity index (χ2n) is 5.17. The largest absolute Gasteiger partial charge is 0.497 e. The molecular weight excluding hydrogens is 278 g/mol. The normalized spacial score (nSPS) is 16.4. The van der Waals surface area contributed by atoms with Crippen LogP contribution in [0.5, 0.6) is 11.5 Å². The van der Waals surface area contributed by atoms with Crippen LogP contribution in [0.3, 0.4) is 0 Å². The van der Waals surface area contributed by atoms with Crippen LogP contribution in [0.15, 0.2) is 42.7 Å². The summed E-state index contributed by atoms with van der Waals surface area (Å²) in [5, 5.41) is 8.92. The second-order valence-corrected chi connectivity index (χ2v) is 5.17. The Balaban J connectivity index is 1.83. The molecule has 5 nitrogen and oxygen atoms in total. The van der Waals surface area contributed by atoms with Gasteiger partial charge in [0, 0.05) is 12.7 Å². The number of nitrogens with zero attached hydrogens (tertiary/aromatic N) is 3. The predicted octanol–water partition coefficient (Wildman–Crippen LogP) is 2.77. The van der Waals surface area contributed by atoms with Crippen molar-refractivity contribution in [2.75, 3.05) is 18.6 Å². The summed E-state index contributed by atoms with van der Waals surface area (Å²) in [6.45, 7) is 1.45. The third-order valence-corrected chi connectivity index (χ3v) is 3.67. The Bertz CT molecular complexity index is 679. The van der Waals surface area contributed by atoms with Gasteiger partial charge in [-0.1, -0.05) is 12.1 Å². The second kappa shape index (κ2) is 6.35. The van der Waals surface area contributed by atoms with Crippen LogP contribution in [0.1, 0.15) is 12.0 Å². The quantitative estimate of drug-likeness (QED) is 0.868. The van der Waals surface area contributed by atoms with E-state index in [4.69, 9.17) is 14.7 Å². The van der Waals surface area contributed by atoms with E-state index in [1.165, 1.54) is 5.56 Å². The highest BCUT2D eigenvalue weighted by atomic mass is 16.5. The van der Waals surface area contributed by atoms with Crippen molar-refractivity contribution in [2.45, 2.75) is 19.1 Å². The first-order valence-corrected chi connectivity index (χ1v) is 7.15. The zero-order chi connectivity index (χ0) is 15.4. The fourth-order valence-corrected chi connectivity index (χ4v) is 2.59. The lowest BCUT2D eigenvalue weighted by molar-refractivity contribution is 0.197. The highest BCUT2D eigenvalue weighted by Crippen LogP contribution is 2.34. The summed E-state index contributed by atoms with van der Waals surface area (Å²) >= 11 is 0. The first kappa shape index (κ1) is 14.2. The van der Waals surface area contributed by atoms with Crippen LogP contribution in [0.4, 0.5) is 5.69 Å². The number of benzene rings is 1. The van der Waals surface area contributed by atoms with E-state index in [-0.39, 0.29) is 6.10 Å². The highest BCUT2D eigenvalue weighted by molar-refractivity contribution is 5.59. The molecule has 0 amide bonds. The number of fused-ring (bicyclic) bond motifs is 1. The van der Waals surface area contributed by atoms with E-state index in [1.807, 2.05) is 18.2 Å². The number of hydrogen-bond acceptors (Lipinski definition) is 5. The maximum atomic E-state index is 8.92. The SMILES string of the molecule is COc1ccc(CN2CC(CC#N)Oc3cnccc32)cc1. The molecule has 1 aromatic carbocycles. The van der Waals surface area contributed by atoms with Crippen LogP contribution < -0.4 is 14.4 Å². The average molecular weight is 295 g/mol. The predicted molar refractivity (Wildman–Crippen MR) is 82.9 cm³/mol. The highest BCUT2D eigenvalue weighted by Gasteiger charge is 2.25. The molecule has 1 aliphatic rings. The summed E-state index contributed by atoms with van der Waals surface area (Å²) < 4.78 is 11.0. The molecule has 0 saturated carbocycles. The van der Waals surface area contributed by atoms with Crippen molar-refractivity contribution < 1.29 is 9.47 Å². The van der Waals surface area contributed by atoms with E-state index < -0.39 is 0 Å². The molecule has 1 atom stereocenters.